The Balaban J connectivity index is 1.52. The average Bonchev–Trinajstić information content (AvgIpc) is 3.24. The SMILES string of the molecule is O=C(N[C@H]1CCc2ccccc21)c1csc(-c2ccccc2)n1. The normalized spacial score (nSPS) is 16.1. The fraction of sp³-hybridized carbons (Fsp3) is 0.158. The van der Waals surface area contributed by atoms with Crippen molar-refractivity contribution in [2.45, 2.75) is 18.9 Å². The van der Waals surface area contributed by atoms with Gasteiger partial charge >= 0.3 is 0 Å². The first-order valence-corrected chi connectivity index (χ1v) is 8.59. The van der Waals surface area contributed by atoms with Crippen molar-refractivity contribution in [3.63, 3.8) is 0 Å². The smallest absolute Gasteiger partial charge is 0.271 e. The molecular formula is C19H16N2OS. The lowest BCUT2D eigenvalue weighted by atomic mass is 10.1. The molecule has 1 N–H and O–H groups in total. The first kappa shape index (κ1) is 14.2. The maximum absolute atomic E-state index is 12.5. The number of benzene rings is 2. The van der Waals surface area contributed by atoms with Gasteiger partial charge in [-0.15, -0.1) is 11.3 Å². The van der Waals surface area contributed by atoms with Gasteiger partial charge in [0, 0.05) is 10.9 Å². The van der Waals surface area contributed by atoms with E-state index in [-0.39, 0.29) is 11.9 Å². The second-order valence-corrected chi connectivity index (χ2v) is 6.53. The van der Waals surface area contributed by atoms with Crippen LogP contribution in [0.25, 0.3) is 10.6 Å². The molecule has 0 aliphatic heterocycles. The van der Waals surface area contributed by atoms with Crippen LogP contribution in [0.3, 0.4) is 0 Å². The summed E-state index contributed by atoms with van der Waals surface area (Å²) in [4.78, 5) is 17.0. The monoisotopic (exact) mass is 320 g/mol. The third-order valence-electron chi connectivity index (χ3n) is 4.20. The minimum atomic E-state index is -0.0925. The number of fused-ring (bicyclic) bond motifs is 1. The molecule has 1 aromatic heterocycles. The summed E-state index contributed by atoms with van der Waals surface area (Å²) >= 11 is 1.50. The summed E-state index contributed by atoms with van der Waals surface area (Å²) in [6, 6.07) is 18.4. The number of aromatic nitrogens is 1. The van der Waals surface area contributed by atoms with Crippen molar-refractivity contribution >= 4 is 17.2 Å². The van der Waals surface area contributed by atoms with Crippen molar-refractivity contribution in [2.75, 3.05) is 0 Å². The topological polar surface area (TPSA) is 42.0 Å². The fourth-order valence-corrected chi connectivity index (χ4v) is 3.84. The molecule has 4 heteroatoms. The van der Waals surface area contributed by atoms with Gasteiger partial charge in [0.05, 0.1) is 6.04 Å². The molecule has 3 nitrogen and oxygen atoms in total. The number of carbonyl (C=O) groups is 1. The summed E-state index contributed by atoms with van der Waals surface area (Å²) < 4.78 is 0. The van der Waals surface area contributed by atoms with Crippen molar-refractivity contribution in [1.29, 1.82) is 0 Å². The zero-order chi connectivity index (χ0) is 15.6. The molecule has 3 aromatic rings. The van der Waals surface area contributed by atoms with Crippen LogP contribution in [0, 0.1) is 0 Å². The van der Waals surface area contributed by atoms with Crippen molar-refractivity contribution in [3.05, 3.63) is 76.8 Å². The van der Waals surface area contributed by atoms with Crippen LogP contribution in [-0.4, -0.2) is 10.9 Å². The van der Waals surface area contributed by atoms with Gasteiger partial charge in [0.15, 0.2) is 0 Å². The maximum atomic E-state index is 12.5. The van der Waals surface area contributed by atoms with Crippen LogP contribution in [0.1, 0.15) is 34.1 Å². The predicted molar refractivity (Wildman–Crippen MR) is 92.5 cm³/mol. The molecule has 2 aromatic carbocycles. The number of amides is 1. The summed E-state index contributed by atoms with van der Waals surface area (Å²) in [5.41, 5.74) is 4.11. The van der Waals surface area contributed by atoms with E-state index in [0.717, 1.165) is 23.4 Å². The Hall–Kier alpha value is -2.46. The Morgan fingerprint density at radius 1 is 1.09 bits per heavy atom. The van der Waals surface area contributed by atoms with Crippen LogP contribution in [-0.2, 0) is 6.42 Å². The van der Waals surface area contributed by atoms with E-state index < -0.39 is 0 Å². The lowest BCUT2D eigenvalue weighted by Gasteiger charge is -2.12. The van der Waals surface area contributed by atoms with Gasteiger partial charge in [-0.3, -0.25) is 4.79 Å². The largest absolute Gasteiger partial charge is 0.344 e. The highest BCUT2D eigenvalue weighted by atomic mass is 32.1. The molecule has 23 heavy (non-hydrogen) atoms. The molecule has 0 fully saturated rings. The molecule has 1 aliphatic rings. The molecule has 0 saturated heterocycles. The van der Waals surface area contributed by atoms with Crippen LogP contribution < -0.4 is 5.32 Å². The van der Waals surface area contributed by atoms with Crippen molar-refractivity contribution in [3.8, 4) is 10.6 Å². The number of nitrogens with one attached hydrogen (secondary N) is 1. The summed E-state index contributed by atoms with van der Waals surface area (Å²) in [6.45, 7) is 0. The predicted octanol–water partition coefficient (Wildman–Crippen LogP) is 4.23. The van der Waals surface area contributed by atoms with E-state index in [4.69, 9.17) is 0 Å². The summed E-state index contributed by atoms with van der Waals surface area (Å²) in [5.74, 6) is -0.0925. The van der Waals surface area contributed by atoms with Gasteiger partial charge in [-0.05, 0) is 24.0 Å². The molecule has 0 spiro atoms. The van der Waals surface area contributed by atoms with E-state index in [1.807, 2.05) is 41.8 Å². The van der Waals surface area contributed by atoms with Crippen molar-refractivity contribution < 1.29 is 4.79 Å². The zero-order valence-electron chi connectivity index (χ0n) is 12.5. The number of nitrogens with zero attached hydrogens (tertiary/aromatic N) is 1. The average molecular weight is 320 g/mol. The summed E-state index contributed by atoms with van der Waals surface area (Å²) in [6.07, 6.45) is 1.98. The van der Waals surface area contributed by atoms with Gasteiger partial charge in [0.2, 0.25) is 0 Å². The Bertz CT molecular complexity index is 841. The minimum absolute atomic E-state index is 0.0925. The third-order valence-corrected chi connectivity index (χ3v) is 5.09. The number of aryl methyl sites for hydroxylation is 1. The first-order chi connectivity index (χ1) is 11.3. The zero-order valence-corrected chi connectivity index (χ0v) is 13.3. The van der Waals surface area contributed by atoms with Crippen LogP contribution in [0.2, 0.25) is 0 Å². The van der Waals surface area contributed by atoms with Crippen LogP contribution in [0.15, 0.2) is 60.0 Å². The maximum Gasteiger partial charge on any atom is 0.271 e. The highest BCUT2D eigenvalue weighted by Crippen LogP contribution is 2.31. The lowest BCUT2D eigenvalue weighted by molar-refractivity contribution is 0.0932. The number of thiazole rings is 1. The van der Waals surface area contributed by atoms with Crippen LogP contribution >= 0.6 is 11.3 Å². The highest BCUT2D eigenvalue weighted by molar-refractivity contribution is 7.13. The molecule has 0 saturated carbocycles. The van der Waals surface area contributed by atoms with Gasteiger partial charge in [0.25, 0.3) is 5.91 Å². The van der Waals surface area contributed by atoms with Gasteiger partial charge in [-0.25, -0.2) is 4.98 Å². The van der Waals surface area contributed by atoms with Gasteiger partial charge in [0.1, 0.15) is 10.7 Å². The summed E-state index contributed by atoms with van der Waals surface area (Å²) in [7, 11) is 0. The first-order valence-electron chi connectivity index (χ1n) is 7.71. The van der Waals surface area contributed by atoms with E-state index in [1.54, 1.807) is 0 Å². The van der Waals surface area contributed by atoms with E-state index in [0.29, 0.717) is 5.69 Å². The molecular weight excluding hydrogens is 304 g/mol. The number of hydrogen-bond donors (Lipinski definition) is 1. The van der Waals surface area contributed by atoms with Crippen LogP contribution in [0.4, 0.5) is 0 Å². The fourth-order valence-electron chi connectivity index (χ4n) is 3.03. The second-order valence-electron chi connectivity index (χ2n) is 5.67. The third kappa shape index (κ3) is 2.78. The van der Waals surface area contributed by atoms with Crippen molar-refractivity contribution in [1.82, 2.24) is 10.3 Å². The quantitative estimate of drug-likeness (QED) is 0.785. The number of hydrogen-bond acceptors (Lipinski definition) is 3. The molecule has 4 rings (SSSR count). The molecule has 0 radical (unpaired) electrons. The van der Waals surface area contributed by atoms with Gasteiger partial charge < -0.3 is 5.32 Å². The lowest BCUT2D eigenvalue weighted by Crippen LogP contribution is -2.27. The van der Waals surface area contributed by atoms with E-state index in [1.165, 1.54) is 22.5 Å². The molecule has 1 aliphatic carbocycles. The molecule has 1 heterocycles. The van der Waals surface area contributed by atoms with Gasteiger partial charge in [-0.2, -0.15) is 0 Å². The minimum Gasteiger partial charge on any atom is -0.344 e. The standard InChI is InChI=1S/C19H16N2OS/c22-18(20-16-11-10-13-6-4-5-9-15(13)16)17-12-23-19(21-17)14-7-2-1-3-8-14/h1-9,12,16H,10-11H2,(H,20,22)/t16-/m0/s1. The summed E-state index contributed by atoms with van der Waals surface area (Å²) in [5, 5.41) is 5.83. The van der Waals surface area contributed by atoms with E-state index in [2.05, 4.69) is 28.5 Å². The number of carbonyl (C=O) groups excluding carboxylic acids is 1. The molecule has 1 atom stereocenters. The Morgan fingerprint density at radius 2 is 1.87 bits per heavy atom. The van der Waals surface area contributed by atoms with E-state index in [9.17, 15) is 4.79 Å². The van der Waals surface area contributed by atoms with Crippen molar-refractivity contribution in [2.24, 2.45) is 0 Å². The second kappa shape index (κ2) is 5.97. The Kier molecular flexibility index (Phi) is 3.67. The van der Waals surface area contributed by atoms with Crippen LogP contribution in [0.5, 0.6) is 0 Å². The number of rotatable bonds is 3. The molecule has 0 unspecified atom stereocenters. The Morgan fingerprint density at radius 3 is 2.74 bits per heavy atom. The van der Waals surface area contributed by atoms with E-state index >= 15 is 0 Å². The Labute approximate surface area is 139 Å². The highest BCUT2D eigenvalue weighted by Gasteiger charge is 2.24. The molecule has 1 amide bonds. The molecule has 0 bridgehead atoms. The molecule has 114 valence electrons. The van der Waals surface area contributed by atoms with Gasteiger partial charge in [-0.1, -0.05) is 54.6 Å².